The van der Waals surface area contributed by atoms with Crippen LogP contribution in [0.5, 0.6) is 5.75 Å². The number of halogens is 1. The van der Waals surface area contributed by atoms with Gasteiger partial charge in [0.25, 0.3) is 0 Å². The van der Waals surface area contributed by atoms with Crippen LogP contribution in [0.2, 0.25) is 5.02 Å². The molecule has 0 saturated carbocycles. The topological polar surface area (TPSA) is 97.7 Å². The molecule has 186 valence electrons. The van der Waals surface area contributed by atoms with Crippen molar-refractivity contribution < 1.29 is 23.8 Å². The molecule has 0 saturated heterocycles. The Hall–Kier alpha value is -4.02. The zero-order chi connectivity index (χ0) is 26.1. The number of rotatable bonds is 9. The van der Waals surface area contributed by atoms with Gasteiger partial charge in [-0.25, -0.2) is 9.59 Å². The third-order valence-corrected chi connectivity index (χ3v) is 5.78. The molecule has 0 bridgehead atoms. The molecule has 1 aliphatic rings. The molecule has 1 N–H and O–H groups in total. The Balaban J connectivity index is 1.87. The lowest BCUT2D eigenvalue weighted by molar-refractivity contribution is -0.139. The first-order valence-corrected chi connectivity index (χ1v) is 11.7. The molecule has 0 spiro atoms. The molecule has 0 radical (unpaired) electrons. The van der Waals surface area contributed by atoms with Crippen LogP contribution in [-0.2, 0) is 19.1 Å². The van der Waals surface area contributed by atoms with Crippen molar-refractivity contribution in [2.24, 2.45) is 0 Å². The Labute approximate surface area is 215 Å². The van der Waals surface area contributed by atoms with Crippen molar-refractivity contribution in [3.8, 4) is 11.8 Å². The van der Waals surface area contributed by atoms with E-state index in [9.17, 15) is 9.59 Å². The predicted molar refractivity (Wildman–Crippen MR) is 137 cm³/mol. The van der Waals surface area contributed by atoms with E-state index in [0.29, 0.717) is 22.0 Å². The highest BCUT2D eigenvalue weighted by molar-refractivity contribution is 6.30. The van der Waals surface area contributed by atoms with Gasteiger partial charge in [-0.15, -0.1) is 0 Å². The number of methoxy groups -OCH3 is 1. The molecule has 1 aliphatic heterocycles. The minimum absolute atomic E-state index is 0.0275. The van der Waals surface area contributed by atoms with Gasteiger partial charge >= 0.3 is 11.9 Å². The van der Waals surface area contributed by atoms with Crippen molar-refractivity contribution in [1.82, 2.24) is 5.32 Å². The number of esters is 2. The minimum Gasteiger partial charge on any atom is -0.497 e. The molecule has 36 heavy (non-hydrogen) atoms. The molecule has 0 fully saturated rings. The van der Waals surface area contributed by atoms with Gasteiger partial charge in [-0.05, 0) is 55.3 Å². The highest BCUT2D eigenvalue weighted by atomic mass is 35.5. The van der Waals surface area contributed by atoms with Gasteiger partial charge in [0.05, 0.1) is 36.7 Å². The van der Waals surface area contributed by atoms with Gasteiger partial charge < -0.3 is 19.5 Å². The van der Waals surface area contributed by atoms with Crippen LogP contribution < -0.4 is 10.1 Å². The Bertz CT molecular complexity index is 1270. The number of nitriles is 1. The summed E-state index contributed by atoms with van der Waals surface area (Å²) in [6, 6.07) is 16.4. The van der Waals surface area contributed by atoms with E-state index >= 15 is 0 Å². The highest BCUT2D eigenvalue weighted by Gasteiger charge is 2.38. The molecule has 0 amide bonds. The largest absolute Gasteiger partial charge is 0.497 e. The first-order valence-electron chi connectivity index (χ1n) is 11.3. The Kier molecular flexibility index (Phi) is 9.32. The standard InChI is InChI=1S/C28H27ClN2O5/c1-18-24(27(32)35-14-6-9-20-8-4-12-23(16-20)34-3)26(21-10-5-11-22(29)17-21)25(19(2)31-18)28(33)36-15-7-13-30/h4-6,8-12,16-17,26,31H,7,14-15H2,1-3H3. The van der Waals surface area contributed by atoms with Crippen molar-refractivity contribution in [1.29, 1.82) is 5.26 Å². The van der Waals surface area contributed by atoms with E-state index in [-0.39, 0.29) is 30.8 Å². The molecule has 0 aliphatic carbocycles. The molecule has 1 heterocycles. The fraction of sp³-hybridized carbons (Fsp3) is 0.250. The first kappa shape index (κ1) is 26.6. The number of dihydropyridines is 1. The van der Waals surface area contributed by atoms with Gasteiger partial charge in [-0.2, -0.15) is 5.26 Å². The van der Waals surface area contributed by atoms with E-state index in [4.69, 9.17) is 31.1 Å². The van der Waals surface area contributed by atoms with Crippen LogP contribution in [0.4, 0.5) is 0 Å². The molecule has 2 aromatic carbocycles. The van der Waals surface area contributed by atoms with Crippen molar-refractivity contribution in [3.63, 3.8) is 0 Å². The molecular formula is C28H27ClN2O5. The van der Waals surface area contributed by atoms with Crippen LogP contribution in [0.25, 0.3) is 6.08 Å². The maximum absolute atomic E-state index is 13.3. The van der Waals surface area contributed by atoms with E-state index in [1.54, 1.807) is 51.3 Å². The number of benzene rings is 2. The van der Waals surface area contributed by atoms with Crippen molar-refractivity contribution in [2.45, 2.75) is 26.2 Å². The lowest BCUT2D eigenvalue weighted by Crippen LogP contribution is -2.32. The Morgan fingerprint density at radius 1 is 1.06 bits per heavy atom. The van der Waals surface area contributed by atoms with Crippen LogP contribution >= 0.6 is 11.6 Å². The van der Waals surface area contributed by atoms with E-state index in [1.165, 1.54) is 0 Å². The van der Waals surface area contributed by atoms with Gasteiger partial charge in [-0.3, -0.25) is 0 Å². The average molecular weight is 507 g/mol. The predicted octanol–water partition coefficient (Wildman–Crippen LogP) is 5.30. The van der Waals surface area contributed by atoms with Crippen molar-refractivity contribution >= 4 is 29.6 Å². The van der Waals surface area contributed by atoms with Crippen molar-refractivity contribution in [3.05, 3.63) is 93.3 Å². The molecule has 3 rings (SSSR count). The summed E-state index contributed by atoms with van der Waals surface area (Å²) >= 11 is 6.24. The molecule has 1 unspecified atom stereocenters. The minimum atomic E-state index is -0.755. The maximum Gasteiger partial charge on any atom is 0.337 e. The van der Waals surface area contributed by atoms with Crippen molar-refractivity contribution in [2.75, 3.05) is 20.3 Å². The van der Waals surface area contributed by atoms with Crippen LogP contribution in [0.15, 0.2) is 77.1 Å². The Morgan fingerprint density at radius 3 is 2.42 bits per heavy atom. The summed E-state index contributed by atoms with van der Waals surface area (Å²) in [6.07, 6.45) is 3.62. The summed E-state index contributed by atoms with van der Waals surface area (Å²) in [6.45, 7) is 3.47. The monoisotopic (exact) mass is 506 g/mol. The summed E-state index contributed by atoms with van der Waals surface area (Å²) in [5.74, 6) is -1.22. The van der Waals surface area contributed by atoms with E-state index in [2.05, 4.69) is 5.32 Å². The zero-order valence-corrected chi connectivity index (χ0v) is 21.1. The lowest BCUT2D eigenvalue weighted by Gasteiger charge is -2.30. The number of ether oxygens (including phenoxy) is 3. The molecular weight excluding hydrogens is 480 g/mol. The van der Waals surface area contributed by atoms with E-state index in [0.717, 1.165) is 11.3 Å². The average Bonchev–Trinajstić information content (AvgIpc) is 2.86. The van der Waals surface area contributed by atoms with Gasteiger partial charge in [0, 0.05) is 16.4 Å². The fourth-order valence-electron chi connectivity index (χ4n) is 3.95. The molecule has 8 heteroatoms. The van der Waals surface area contributed by atoms with Gasteiger partial charge in [0.15, 0.2) is 0 Å². The zero-order valence-electron chi connectivity index (χ0n) is 20.3. The van der Waals surface area contributed by atoms with Crippen LogP contribution in [-0.4, -0.2) is 32.3 Å². The highest BCUT2D eigenvalue weighted by Crippen LogP contribution is 2.40. The fourth-order valence-corrected chi connectivity index (χ4v) is 4.15. The summed E-state index contributed by atoms with van der Waals surface area (Å²) in [5.41, 5.74) is 3.21. The second-order valence-electron chi connectivity index (χ2n) is 8.01. The summed E-state index contributed by atoms with van der Waals surface area (Å²) in [7, 11) is 1.60. The summed E-state index contributed by atoms with van der Waals surface area (Å²) < 4.78 is 16.1. The maximum atomic E-state index is 13.3. The summed E-state index contributed by atoms with van der Waals surface area (Å²) in [4.78, 5) is 26.3. The summed E-state index contributed by atoms with van der Waals surface area (Å²) in [5, 5.41) is 12.4. The number of hydrogen-bond donors (Lipinski definition) is 1. The normalized spacial score (nSPS) is 15.4. The van der Waals surface area contributed by atoms with Crippen LogP contribution in [0.1, 0.15) is 37.3 Å². The van der Waals surface area contributed by atoms with Crippen LogP contribution in [0.3, 0.4) is 0 Å². The molecule has 7 nitrogen and oxygen atoms in total. The SMILES string of the molecule is COc1cccc(C=CCOC(=O)C2=C(C)NC(C)=C(C(=O)OCCC#N)C2c2cccc(Cl)c2)c1. The smallest absolute Gasteiger partial charge is 0.337 e. The number of hydrogen-bond acceptors (Lipinski definition) is 7. The number of nitrogens with zero attached hydrogens (tertiary/aromatic N) is 1. The second-order valence-corrected chi connectivity index (χ2v) is 8.45. The number of allylic oxidation sites excluding steroid dienone is 2. The second kappa shape index (κ2) is 12.6. The Morgan fingerprint density at radius 2 is 1.75 bits per heavy atom. The van der Waals surface area contributed by atoms with E-state index in [1.807, 2.05) is 36.4 Å². The number of carbonyl (C=O) groups excluding carboxylic acids is 2. The lowest BCUT2D eigenvalue weighted by atomic mass is 9.80. The third kappa shape index (κ3) is 6.55. The van der Waals surface area contributed by atoms with Gasteiger partial charge in [0.1, 0.15) is 19.0 Å². The van der Waals surface area contributed by atoms with Gasteiger partial charge in [0.2, 0.25) is 0 Å². The molecule has 1 atom stereocenters. The number of nitrogens with one attached hydrogen (secondary N) is 1. The first-order chi connectivity index (χ1) is 17.3. The quantitative estimate of drug-likeness (QED) is 0.364. The number of carbonyl (C=O) groups is 2. The van der Waals surface area contributed by atoms with Crippen LogP contribution in [0, 0.1) is 11.3 Å². The van der Waals surface area contributed by atoms with Gasteiger partial charge in [-0.1, -0.05) is 41.9 Å². The third-order valence-electron chi connectivity index (χ3n) is 5.54. The molecule has 0 aromatic heterocycles. The van der Waals surface area contributed by atoms with E-state index < -0.39 is 17.9 Å². The molecule has 2 aromatic rings.